The van der Waals surface area contributed by atoms with Crippen LogP contribution in [0.4, 0.5) is 8.78 Å². The summed E-state index contributed by atoms with van der Waals surface area (Å²) in [4.78, 5) is 15.0. The maximum absolute atomic E-state index is 14.0. The third-order valence-electron chi connectivity index (χ3n) is 6.90. The molecule has 1 aromatic carbocycles. The molecule has 10 heteroatoms. The molecule has 2 N–H and O–H groups in total. The maximum Gasteiger partial charge on any atom is 0.191 e. The maximum atomic E-state index is 14.0. The molecule has 3 aliphatic rings. The molecule has 0 radical (unpaired) electrons. The van der Waals surface area contributed by atoms with Crippen LogP contribution in [-0.2, 0) is 16.0 Å². The molecule has 0 saturated carbocycles. The molecule has 5 rings (SSSR count). The molecule has 33 heavy (non-hydrogen) atoms. The number of halogens is 2. The topological polar surface area (TPSA) is 95.8 Å². The van der Waals surface area contributed by atoms with Crippen molar-refractivity contribution in [3.63, 3.8) is 0 Å². The number of aliphatic hydroxyl groups is 2. The van der Waals surface area contributed by atoms with E-state index in [1.807, 2.05) is 13.8 Å². The number of piperidine rings is 1. The van der Waals surface area contributed by atoms with Crippen molar-refractivity contribution in [3.05, 3.63) is 63.1 Å². The molecule has 0 amide bonds. The Bertz CT molecular complexity index is 1200. The summed E-state index contributed by atoms with van der Waals surface area (Å²) >= 11 is 1.13. The van der Waals surface area contributed by atoms with E-state index >= 15 is 0 Å². The minimum Gasteiger partial charge on any atom is -0.507 e. The highest BCUT2D eigenvalue weighted by Gasteiger charge is 2.59. The second-order valence-electron chi connectivity index (χ2n) is 9.16. The molecule has 2 unspecified atom stereocenters. The first kappa shape index (κ1) is 22.1. The zero-order valence-corrected chi connectivity index (χ0v) is 19.0. The molecule has 1 aromatic heterocycles. The minimum atomic E-state index is -1.45. The fourth-order valence-corrected chi connectivity index (χ4v) is 5.73. The Morgan fingerprint density at radius 1 is 1.30 bits per heavy atom. The summed E-state index contributed by atoms with van der Waals surface area (Å²) in [6, 6.07) is 3.34. The molecule has 2 aromatic rings. The van der Waals surface area contributed by atoms with E-state index in [9.17, 15) is 23.8 Å². The number of benzene rings is 1. The predicted octanol–water partition coefficient (Wildman–Crippen LogP) is 3.35. The van der Waals surface area contributed by atoms with Gasteiger partial charge in [0.1, 0.15) is 33.5 Å². The first-order valence-corrected chi connectivity index (χ1v) is 11.5. The van der Waals surface area contributed by atoms with Gasteiger partial charge in [0.15, 0.2) is 11.5 Å². The van der Waals surface area contributed by atoms with E-state index in [2.05, 4.69) is 10.2 Å². The van der Waals surface area contributed by atoms with Crippen molar-refractivity contribution in [3.8, 4) is 0 Å². The summed E-state index contributed by atoms with van der Waals surface area (Å²) in [6.07, 6.45) is 1.83. The van der Waals surface area contributed by atoms with Crippen LogP contribution in [0.15, 0.2) is 35.9 Å². The van der Waals surface area contributed by atoms with Gasteiger partial charge in [-0.15, -0.1) is 10.2 Å². The quantitative estimate of drug-likeness (QED) is 0.703. The number of rotatable bonds is 3. The van der Waals surface area contributed by atoms with Crippen molar-refractivity contribution in [2.45, 2.75) is 44.8 Å². The number of fused-ring (bicyclic) bond motifs is 1. The first-order valence-electron chi connectivity index (χ1n) is 10.7. The van der Waals surface area contributed by atoms with E-state index < -0.39 is 34.5 Å². The van der Waals surface area contributed by atoms with E-state index in [1.54, 1.807) is 11.1 Å². The van der Waals surface area contributed by atoms with Crippen molar-refractivity contribution < 1.29 is 28.5 Å². The zero-order valence-electron chi connectivity index (χ0n) is 18.1. The number of nitrogens with zero attached hydrogens (tertiary/aromatic N) is 3. The molecule has 2 saturated heterocycles. The number of aromatic nitrogens is 2. The van der Waals surface area contributed by atoms with Crippen LogP contribution in [0.3, 0.4) is 0 Å². The number of carbonyl (C=O) groups is 1. The summed E-state index contributed by atoms with van der Waals surface area (Å²) in [5.41, 5.74) is -0.921. The predicted molar refractivity (Wildman–Crippen MR) is 116 cm³/mol. The Kier molecular flexibility index (Phi) is 5.15. The Hall–Kier alpha value is -2.69. The van der Waals surface area contributed by atoms with Crippen molar-refractivity contribution in [2.24, 2.45) is 5.41 Å². The van der Waals surface area contributed by atoms with Crippen molar-refractivity contribution in [1.82, 2.24) is 15.1 Å². The van der Waals surface area contributed by atoms with Crippen LogP contribution in [-0.4, -0.2) is 56.0 Å². The highest BCUT2D eigenvalue weighted by atomic mass is 32.1. The van der Waals surface area contributed by atoms with Crippen LogP contribution in [0.5, 0.6) is 0 Å². The van der Waals surface area contributed by atoms with Gasteiger partial charge in [-0.25, -0.2) is 8.78 Å². The second kappa shape index (κ2) is 7.68. The molecule has 3 aliphatic heterocycles. The third kappa shape index (κ3) is 3.39. The summed E-state index contributed by atoms with van der Waals surface area (Å²) in [7, 11) is 0. The highest BCUT2D eigenvalue weighted by molar-refractivity contribution is 7.12. The van der Waals surface area contributed by atoms with Crippen LogP contribution < -0.4 is 0 Å². The van der Waals surface area contributed by atoms with Gasteiger partial charge in [-0.05, 0) is 38.3 Å². The van der Waals surface area contributed by atoms with Gasteiger partial charge in [0.2, 0.25) is 0 Å². The SMILES string of the molecule is CC1(C)C(=O)C2=C(O)C(O)C(c3nnc(Cc4ccc(F)cc4F)s3)=CN2CC12CCCO2. The Labute approximate surface area is 193 Å². The van der Waals surface area contributed by atoms with Gasteiger partial charge in [0, 0.05) is 30.9 Å². The number of Topliss-reactive ketones (excluding diaryl/α,β-unsaturated/α-hetero) is 1. The molecule has 1 spiro atoms. The second-order valence-corrected chi connectivity index (χ2v) is 10.2. The summed E-state index contributed by atoms with van der Waals surface area (Å²) < 4.78 is 33.2. The van der Waals surface area contributed by atoms with Crippen molar-refractivity contribution in [2.75, 3.05) is 13.2 Å². The molecular weight excluding hydrogens is 452 g/mol. The molecule has 7 nitrogen and oxygen atoms in total. The molecule has 0 bridgehead atoms. The molecule has 0 aliphatic carbocycles. The van der Waals surface area contributed by atoms with Crippen LogP contribution in [0.1, 0.15) is 42.3 Å². The van der Waals surface area contributed by atoms with E-state index in [0.29, 0.717) is 35.2 Å². The van der Waals surface area contributed by atoms with Gasteiger partial charge in [0.05, 0.1) is 17.6 Å². The Balaban J connectivity index is 1.47. The fourth-order valence-electron chi connectivity index (χ4n) is 4.83. The zero-order chi connectivity index (χ0) is 23.5. The van der Waals surface area contributed by atoms with Gasteiger partial charge in [-0.1, -0.05) is 17.4 Å². The number of carbonyl (C=O) groups excluding carboxylic acids is 1. The standard InChI is InChI=1S/C23H23F2N3O4S/c1-22(2)20(31)17-19(30)18(29)14(10-28(17)11-23(22)6-3-7-32-23)21-27-26-16(33-21)8-12-4-5-13(24)9-15(12)25/h4-5,9-10,18,29-30H,3,6-8,11H2,1-2H3. The van der Waals surface area contributed by atoms with E-state index in [4.69, 9.17) is 4.74 Å². The molecular formula is C23H23F2N3O4S. The number of hydrogen-bond acceptors (Lipinski definition) is 8. The summed E-state index contributed by atoms with van der Waals surface area (Å²) in [6.45, 7) is 4.55. The lowest BCUT2D eigenvalue weighted by Crippen LogP contribution is -2.62. The van der Waals surface area contributed by atoms with E-state index in [1.165, 1.54) is 12.1 Å². The van der Waals surface area contributed by atoms with Gasteiger partial charge < -0.3 is 19.8 Å². The van der Waals surface area contributed by atoms with E-state index in [0.717, 1.165) is 23.8 Å². The van der Waals surface area contributed by atoms with Crippen molar-refractivity contribution >= 4 is 22.7 Å². The Morgan fingerprint density at radius 2 is 2.09 bits per heavy atom. The third-order valence-corrected chi connectivity index (χ3v) is 7.87. The summed E-state index contributed by atoms with van der Waals surface area (Å²) in [5.74, 6) is -2.05. The molecule has 4 heterocycles. The monoisotopic (exact) mass is 475 g/mol. The van der Waals surface area contributed by atoms with E-state index in [-0.39, 0.29) is 23.5 Å². The van der Waals surface area contributed by atoms with Gasteiger partial charge in [-0.3, -0.25) is 4.79 Å². The van der Waals surface area contributed by atoms with Crippen LogP contribution in [0.25, 0.3) is 5.57 Å². The molecule has 174 valence electrons. The number of hydrogen-bond donors (Lipinski definition) is 2. The lowest BCUT2D eigenvalue weighted by atomic mass is 9.66. The van der Waals surface area contributed by atoms with Crippen LogP contribution in [0.2, 0.25) is 0 Å². The largest absolute Gasteiger partial charge is 0.507 e. The number of allylic oxidation sites excluding steroid dienone is 1. The number of aliphatic hydroxyl groups excluding tert-OH is 2. The van der Waals surface area contributed by atoms with Crippen LogP contribution in [0, 0.1) is 17.0 Å². The number of ketones is 1. The lowest BCUT2D eigenvalue weighted by molar-refractivity contribution is -0.155. The van der Waals surface area contributed by atoms with Crippen LogP contribution >= 0.6 is 11.3 Å². The average Bonchev–Trinajstić information content (AvgIpc) is 3.42. The number of ether oxygens (including phenoxy) is 1. The summed E-state index contributed by atoms with van der Waals surface area (Å²) in [5, 5.41) is 30.6. The average molecular weight is 476 g/mol. The van der Waals surface area contributed by atoms with Gasteiger partial charge in [-0.2, -0.15) is 0 Å². The lowest BCUT2D eigenvalue weighted by Gasteiger charge is -2.51. The minimum absolute atomic E-state index is 0.0653. The first-order chi connectivity index (χ1) is 15.6. The van der Waals surface area contributed by atoms with Gasteiger partial charge >= 0.3 is 0 Å². The fraction of sp³-hybridized carbons (Fsp3) is 0.435. The van der Waals surface area contributed by atoms with Crippen molar-refractivity contribution in [1.29, 1.82) is 0 Å². The Morgan fingerprint density at radius 3 is 2.79 bits per heavy atom. The highest BCUT2D eigenvalue weighted by Crippen LogP contribution is 2.50. The van der Waals surface area contributed by atoms with Gasteiger partial charge in [0.25, 0.3) is 0 Å². The molecule has 2 fully saturated rings. The normalized spacial score (nSPS) is 26.7. The smallest absolute Gasteiger partial charge is 0.191 e. The molecule has 2 atom stereocenters.